The van der Waals surface area contributed by atoms with Crippen LogP contribution in [0.15, 0.2) is 30.5 Å². The van der Waals surface area contributed by atoms with E-state index in [2.05, 4.69) is 22.0 Å². The molecule has 0 bridgehead atoms. The third kappa shape index (κ3) is 4.58. The maximum Gasteiger partial charge on any atom is 0.220 e. The van der Waals surface area contributed by atoms with Crippen molar-refractivity contribution >= 4 is 5.91 Å². The number of hydrogen-bond donors (Lipinski definition) is 0. The average Bonchev–Trinajstić information content (AvgIpc) is 2.75. The summed E-state index contributed by atoms with van der Waals surface area (Å²) in [6.07, 6.45) is 6.07. The van der Waals surface area contributed by atoms with Gasteiger partial charge >= 0.3 is 0 Å². The first-order chi connectivity index (χ1) is 14.1. The van der Waals surface area contributed by atoms with Gasteiger partial charge < -0.3 is 9.64 Å². The van der Waals surface area contributed by atoms with Gasteiger partial charge in [-0.2, -0.15) is 0 Å². The highest BCUT2D eigenvalue weighted by molar-refractivity contribution is 5.73. The Balaban J connectivity index is 1.43. The second-order valence-electron chi connectivity index (χ2n) is 7.96. The van der Waals surface area contributed by atoms with Crippen LogP contribution < -0.4 is 4.74 Å². The van der Waals surface area contributed by atoms with Crippen LogP contribution in [0, 0.1) is 0 Å². The SMILES string of the molecule is CCOc1ccc(CN2CCc3nc([C@@H]4CCCCN4C(C)=O)ncc3C2)cc1. The fraction of sp³-hybridized carbons (Fsp3) is 0.522. The molecule has 4 rings (SSSR count). The maximum absolute atomic E-state index is 12.0. The zero-order chi connectivity index (χ0) is 20.2. The molecule has 2 aliphatic heterocycles. The van der Waals surface area contributed by atoms with E-state index in [1.807, 2.05) is 30.2 Å². The minimum absolute atomic E-state index is 0.0356. The minimum Gasteiger partial charge on any atom is -0.494 e. The highest BCUT2D eigenvalue weighted by Crippen LogP contribution is 2.30. The van der Waals surface area contributed by atoms with Crippen LogP contribution in [0.1, 0.15) is 61.8 Å². The van der Waals surface area contributed by atoms with Gasteiger partial charge in [-0.3, -0.25) is 9.69 Å². The van der Waals surface area contributed by atoms with Crippen molar-refractivity contribution in [2.24, 2.45) is 0 Å². The highest BCUT2D eigenvalue weighted by atomic mass is 16.5. The smallest absolute Gasteiger partial charge is 0.220 e. The molecule has 1 fully saturated rings. The highest BCUT2D eigenvalue weighted by Gasteiger charge is 2.29. The van der Waals surface area contributed by atoms with Crippen molar-refractivity contribution < 1.29 is 9.53 Å². The number of benzene rings is 1. The van der Waals surface area contributed by atoms with E-state index in [1.165, 1.54) is 11.1 Å². The fourth-order valence-electron chi connectivity index (χ4n) is 4.38. The zero-order valence-corrected chi connectivity index (χ0v) is 17.4. The summed E-state index contributed by atoms with van der Waals surface area (Å²) in [5.74, 6) is 1.86. The van der Waals surface area contributed by atoms with Gasteiger partial charge in [0, 0.05) is 57.0 Å². The van der Waals surface area contributed by atoms with E-state index in [0.29, 0.717) is 6.61 Å². The van der Waals surface area contributed by atoms with Crippen LogP contribution in [0.25, 0.3) is 0 Å². The molecule has 6 heteroatoms. The Morgan fingerprint density at radius 1 is 1.21 bits per heavy atom. The molecular weight excluding hydrogens is 364 g/mol. The summed E-state index contributed by atoms with van der Waals surface area (Å²) in [4.78, 5) is 25.9. The molecule has 1 aromatic carbocycles. The number of rotatable bonds is 5. The van der Waals surface area contributed by atoms with E-state index >= 15 is 0 Å². The lowest BCUT2D eigenvalue weighted by Crippen LogP contribution is -2.38. The molecule has 0 aliphatic carbocycles. The van der Waals surface area contributed by atoms with Gasteiger partial charge in [0.25, 0.3) is 0 Å². The van der Waals surface area contributed by atoms with E-state index in [-0.39, 0.29) is 11.9 Å². The maximum atomic E-state index is 12.0. The van der Waals surface area contributed by atoms with Gasteiger partial charge in [0.2, 0.25) is 5.91 Å². The van der Waals surface area contributed by atoms with Crippen LogP contribution in [0.5, 0.6) is 5.75 Å². The summed E-state index contributed by atoms with van der Waals surface area (Å²) < 4.78 is 5.53. The van der Waals surface area contributed by atoms with Crippen LogP contribution in [0.3, 0.4) is 0 Å². The second-order valence-corrected chi connectivity index (χ2v) is 7.96. The number of carbonyl (C=O) groups excluding carboxylic acids is 1. The quantitative estimate of drug-likeness (QED) is 0.777. The number of carbonyl (C=O) groups is 1. The monoisotopic (exact) mass is 394 g/mol. The van der Waals surface area contributed by atoms with Crippen molar-refractivity contribution in [2.75, 3.05) is 19.7 Å². The molecule has 1 saturated heterocycles. The third-order valence-corrected chi connectivity index (χ3v) is 5.88. The second kappa shape index (κ2) is 8.91. The van der Waals surface area contributed by atoms with Crippen LogP contribution in [-0.4, -0.2) is 45.4 Å². The number of aromatic nitrogens is 2. The first-order valence-electron chi connectivity index (χ1n) is 10.7. The molecule has 29 heavy (non-hydrogen) atoms. The molecule has 2 aliphatic rings. The molecule has 2 aromatic rings. The molecule has 0 N–H and O–H groups in total. The van der Waals surface area contributed by atoms with E-state index in [1.54, 1.807) is 6.92 Å². The van der Waals surface area contributed by atoms with Crippen molar-refractivity contribution in [3.63, 3.8) is 0 Å². The first kappa shape index (κ1) is 19.8. The number of hydrogen-bond acceptors (Lipinski definition) is 5. The van der Waals surface area contributed by atoms with E-state index < -0.39 is 0 Å². The van der Waals surface area contributed by atoms with Crippen molar-refractivity contribution in [1.82, 2.24) is 19.8 Å². The summed E-state index contributed by atoms with van der Waals surface area (Å²) in [5.41, 5.74) is 3.64. The number of nitrogens with zero attached hydrogens (tertiary/aromatic N) is 4. The summed E-state index contributed by atoms with van der Waals surface area (Å²) in [7, 11) is 0. The Bertz CT molecular complexity index is 852. The fourth-order valence-corrected chi connectivity index (χ4v) is 4.38. The first-order valence-corrected chi connectivity index (χ1v) is 10.7. The van der Waals surface area contributed by atoms with Crippen LogP contribution in [-0.2, 0) is 24.3 Å². The Morgan fingerprint density at radius 3 is 2.79 bits per heavy atom. The number of fused-ring (bicyclic) bond motifs is 1. The van der Waals surface area contributed by atoms with Crippen molar-refractivity contribution in [1.29, 1.82) is 0 Å². The van der Waals surface area contributed by atoms with Gasteiger partial charge in [-0.15, -0.1) is 0 Å². The average molecular weight is 395 g/mol. The molecule has 0 spiro atoms. The Labute approximate surface area is 172 Å². The lowest BCUT2D eigenvalue weighted by molar-refractivity contribution is -0.132. The number of likely N-dealkylation sites (tertiary alicyclic amines) is 1. The summed E-state index contributed by atoms with van der Waals surface area (Å²) in [6, 6.07) is 8.39. The predicted molar refractivity (Wildman–Crippen MR) is 111 cm³/mol. The van der Waals surface area contributed by atoms with E-state index in [9.17, 15) is 4.79 Å². The van der Waals surface area contributed by atoms with Gasteiger partial charge in [0.1, 0.15) is 5.75 Å². The van der Waals surface area contributed by atoms with E-state index in [4.69, 9.17) is 9.72 Å². The number of piperidine rings is 1. The molecule has 6 nitrogen and oxygen atoms in total. The molecular formula is C23H30N4O2. The van der Waals surface area contributed by atoms with Gasteiger partial charge in [-0.1, -0.05) is 12.1 Å². The van der Waals surface area contributed by atoms with Gasteiger partial charge in [0.15, 0.2) is 5.82 Å². The van der Waals surface area contributed by atoms with Crippen LogP contribution in [0.4, 0.5) is 0 Å². The Kier molecular flexibility index (Phi) is 6.09. The van der Waals surface area contributed by atoms with Crippen LogP contribution in [0.2, 0.25) is 0 Å². The Hall–Kier alpha value is -2.47. The number of amides is 1. The molecule has 0 unspecified atom stereocenters. The summed E-state index contributed by atoms with van der Waals surface area (Å²) in [5, 5.41) is 0. The van der Waals surface area contributed by atoms with Crippen molar-refractivity contribution in [3.05, 3.63) is 53.1 Å². The molecule has 154 valence electrons. The predicted octanol–water partition coefficient (Wildman–Crippen LogP) is 3.51. The molecule has 1 amide bonds. The van der Waals surface area contributed by atoms with Gasteiger partial charge in [-0.05, 0) is 43.9 Å². The molecule has 0 saturated carbocycles. The van der Waals surface area contributed by atoms with Gasteiger partial charge in [0.05, 0.1) is 12.6 Å². The molecule has 1 aromatic heterocycles. The topological polar surface area (TPSA) is 58.6 Å². The van der Waals surface area contributed by atoms with Crippen molar-refractivity contribution in [2.45, 2.75) is 58.7 Å². The standard InChI is InChI=1S/C23H30N4O2/c1-3-29-20-9-7-18(8-10-20)15-26-13-11-21-19(16-26)14-24-23(25-21)22-6-4-5-12-27(22)17(2)28/h7-10,14,22H,3-6,11-13,15-16H2,1-2H3/t22-/m0/s1. The normalized spacial score (nSPS) is 19.7. The summed E-state index contributed by atoms with van der Waals surface area (Å²) in [6.45, 7) is 7.91. The lowest BCUT2D eigenvalue weighted by atomic mass is 10.0. The lowest BCUT2D eigenvalue weighted by Gasteiger charge is -2.35. The van der Waals surface area contributed by atoms with E-state index in [0.717, 1.165) is 69.1 Å². The van der Waals surface area contributed by atoms with Crippen molar-refractivity contribution in [3.8, 4) is 5.75 Å². The largest absolute Gasteiger partial charge is 0.494 e. The van der Waals surface area contributed by atoms with Gasteiger partial charge in [-0.25, -0.2) is 9.97 Å². The third-order valence-electron chi connectivity index (χ3n) is 5.88. The zero-order valence-electron chi connectivity index (χ0n) is 17.4. The molecule has 1 atom stereocenters. The molecule has 3 heterocycles. The van der Waals surface area contributed by atoms with Crippen LogP contribution >= 0.6 is 0 Å². The minimum atomic E-state index is 0.0356. The number of ether oxygens (including phenoxy) is 1. The summed E-state index contributed by atoms with van der Waals surface area (Å²) >= 11 is 0. The molecule has 0 radical (unpaired) electrons. The Morgan fingerprint density at radius 2 is 2.03 bits per heavy atom.